The van der Waals surface area contributed by atoms with E-state index in [0.717, 1.165) is 0 Å². The first-order valence-electron chi connectivity index (χ1n) is 9.86. The molecule has 4 rings (SSSR count). The molecule has 0 bridgehead atoms. The monoisotopic (exact) mass is 455 g/mol. The highest BCUT2D eigenvalue weighted by Crippen LogP contribution is 2.31. The quantitative estimate of drug-likeness (QED) is 0.539. The number of nitrogens with one attached hydrogen (secondary N) is 2. The van der Waals surface area contributed by atoms with Crippen LogP contribution in [0.25, 0.3) is 0 Å². The molecule has 0 fully saturated rings. The molecule has 2 aromatic carbocycles. The lowest BCUT2D eigenvalue weighted by atomic mass is 10.2. The summed E-state index contributed by atoms with van der Waals surface area (Å²) >= 11 is 0. The molecular formula is C22H21N3O6S. The van der Waals surface area contributed by atoms with Gasteiger partial charge in [0.1, 0.15) is 11.5 Å². The molecular weight excluding hydrogens is 434 g/mol. The minimum atomic E-state index is -3.72. The molecule has 0 unspecified atom stereocenters. The van der Waals surface area contributed by atoms with Crippen molar-refractivity contribution in [3.8, 4) is 5.75 Å². The van der Waals surface area contributed by atoms with Gasteiger partial charge in [0.15, 0.2) is 6.61 Å². The number of nitrogens with zero attached hydrogens (tertiary/aromatic N) is 1. The zero-order valence-corrected chi connectivity index (χ0v) is 17.8. The topological polar surface area (TPSA) is 118 Å². The van der Waals surface area contributed by atoms with Crippen LogP contribution >= 0.6 is 0 Å². The Hall–Kier alpha value is -3.63. The smallest absolute Gasteiger partial charge is 0.265 e. The second-order valence-corrected chi connectivity index (χ2v) is 8.80. The first-order chi connectivity index (χ1) is 15.4. The van der Waals surface area contributed by atoms with Crippen molar-refractivity contribution in [2.75, 3.05) is 23.4 Å². The maximum absolute atomic E-state index is 12.4. The summed E-state index contributed by atoms with van der Waals surface area (Å²) in [5.41, 5.74) is 1.09. The molecule has 32 heavy (non-hydrogen) atoms. The van der Waals surface area contributed by atoms with E-state index >= 15 is 0 Å². The number of carbonyl (C=O) groups excluding carboxylic acids is 2. The fraction of sp³-hybridized carbons (Fsp3) is 0.182. The predicted octanol–water partition coefficient (Wildman–Crippen LogP) is 2.51. The first kappa shape index (κ1) is 21.6. The average molecular weight is 455 g/mol. The highest BCUT2D eigenvalue weighted by molar-refractivity contribution is 7.89. The second kappa shape index (κ2) is 9.25. The third-order valence-corrected chi connectivity index (χ3v) is 6.25. The van der Waals surface area contributed by atoms with Gasteiger partial charge in [-0.05, 0) is 48.5 Å². The van der Waals surface area contributed by atoms with Crippen molar-refractivity contribution >= 4 is 33.2 Å². The maximum atomic E-state index is 12.4. The fourth-order valence-corrected chi connectivity index (χ4v) is 4.21. The molecule has 0 radical (unpaired) electrons. The average Bonchev–Trinajstić information content (AvgIpc) is 3.31. The van der Waals surface area contributed by atoms with Crippen molar-refractivity contribution in [3.63, 3.8) is 0 Å². The molecule has 0 saturated carbocycles. The number of carbonyl (C=O) groups is 2. The fourth-order valence-electron chi connectivity index (χ4n) is 3.22. The molecule has 0 atom stereocenters. The summed E-state index contributed by atoms with van der Waals surface area (Å²) < 4.78 is 37.7. The molecule has 0 saturated heterocycles. The predicted molar refractivity (Wildman–Crippen MR) is 117 cm³/mol. The van der Waals surface area contributed by atoms with E-state index in [0.29, 0.717) is 22.9 Å². The lowest BCUT2D eigenvalue weighted by molar-refractivity contribution is -0.121. The Morgan fingerprint density at radius 1 is 1.03 bits per heavy atom. The second-order valence-electron chi connectivity index (χ2n) is 7.03. The number of rotatable bonds is 8. The highest BCUT2D eigenvalue weighted by atomic mass is 32.2. The van der Waals surface area contributed by atoms with Gasteiger partial charge in [-0.1, -0.05) is 12.1 Å². The summed E-state index contributed by atoms with van der Waals surface area (Å²) in [4.78, 5) is 26.2. The van der Waals surface area contributed by atoms with Gasteiger partial charge in [-0.3, -0.25) is 9.59 Å². The van der Waals surface area contributed by atoms with Gasteiger partial charge in [0.05, 0.1) is 23.4 Å². The standard InChI is InChI=1S/C22H21N3O6S/c26-21(11-12-25-19-5-1-2-6-20(19)31-15-22(25)27)24-16-7-9-18(10-8-16)32(28,29)23-14-17-4-3-13-30-17/h1-10,13,23H,11-12,14-15H2,(H,24,26). The van der Waals surface area contributed by atoms with Crippen molar-refractivity contribution in [1.82, 2.24) is 4.72 Å². The number of furan rings is 1. The lowest BCUT2D eigenvalue weighted by Crippen LogP contribution is -2.40. The molecule has 1 aromatic heterocycles. The van der Waals surface area contributed by atoms with E-state index in [1.165, 1.54) is 35.4 Å². The molecule has 2 amide bonds. The minimum absolute atomic E-state index is 0.0389. The molecule has 1 aliphatic heterocycles. The molecule has 10 heteroatoms. The van der Waals surface area contributed by atoms with Crippen molar-refractivity contribution in [2.45, 2.75) is 17.9 Å². The summed E-state index contributed by atoms with van der Waals surface area (Å²) in [7, 11) is -3.72. The van der Waals surface area contributed by atoms with Crippen LogP contribution in [0.5, 0.6) is 5.75 Å². The van der Waals surface area contributed by atoms with Crippen LogP contribution in [0.4, 0.5) is 11.4 Å². The van der Waals surface area contributed by atoms with Crippen LogP contribution in [0.3, 0.4) is 0 Å². The van der Waals surface area contributed by atoms with Crippen LogP contribution in [0.1, 0.15) is 12.2 Å². The highest BCUT2D eigenvalue weighted by Gasteiger charge is 2.25. The van der Waals surface area contributed by atoms with Gasteiger partial charge >= 0.3 is 0 Å². The largest absolute Gasteiger partial charge is 0.482 e. The number of hydrogen-bond donors (Lipinski definition) is 2. The van der Waals surface area contributed by atoms with Gasteiger partial charge in [0, 0.05) is 18.7 Å². The van der Waals surface area contributed by atoms with Crippen LogP contribution in [0.15, 0.2) is 76.2 Å². The van der Waals surface area contributed by atoms with E-state index in [-0.39, 0.29) is 42.8 Å². The van der Waals surface area contributed by atoms with Gasteiger partial charge in [0.25, 0.3) is 5.91 Å². The molecule has 9 nitrogen and oxygen atoms in total. The van der Waals surface area contributed by atoms with E-state index in [1.807, 2.05) is 6.07 Å². The molecule has 0 aliphatic carbocycles. The molecule has 0 spiro atoms. The Bertz CT molecular complexity index is 1210. The first-order valence-corrected chi connectivity index (χ1v) is 11.3. The summed E-state index contributed by atoms with van der Waals surface area (Å²) in [5, 5.41) is 2.71. The normalized spacial score (nSPS) is 13.4. The van der Waals surface area contributed by atoms with Crippen LogP contribution in [-0.4, -0.2) is 33.4 Å². The summed E-state index contributed by atoms with van der Waals surface area (Å²) in [6.45, 7) is 0.175. The Kier molecular flexibility index (Phi) is 6.24. The van der Waals surface area contributed by atoms with Crippen LogP contribution in [-0.2, 0) is 26.2 Å². The maximum Gasteiger partial charge on any atom is 0.265 e. The molecule has 2 heterocycles. The van der Waals surface area contributed by atoms with Gasteiger partial charge in [-0.2, -0.15) is 0 Å². The third-order valence-electron chi connectivity index (χ3n) is 4.84. The molecule has 1 aliphatic rings. The van der Waals surface area contributed by atoms with Crippen LogP contribution in [0, 0.1) is 0 Å². The van der Waals surface area contributed by atoms with E-state index < -0.39 is 10.0 Å². The molecule has 3 aromatic rings. The SMILES string of the molecule is O=C(CCN1C(=O)COc2ccccc21)Nc1ccc(S(=O)(=O)NCc2ccco2)cc1. The number of hydrogen-bond acceptors (Lipinski definition) is 6. The van der Waals surface area contributed by atoms with E-state index in [1.54, 1.807) is 30.3 Å². The van der Waals surface area contributed by atoms with E-state index in [4.69, 9.17) is 9.15 Å². The van der Waals surface area contributed by atoms with Crippen molar-refractivity contribution in [1.29, 1.82) is 0 Å². The zero-order chi connectivity index (χ0) is 22.6. The summed E-state index contributed by atoms with van der Waals surface area (Å²) in [6, 6.07) is 16.3. The number of amides is 2. The Morgan fingerprint density at radius 2 is 1.81 bits per heavy atom. The van der Waals surface area contributed by atoms with Gasteiger partial charge < -0.3 is 19.4 Å². The number of ether oxygens (including phenoxy) is 1. The van der Waals surface area contributed by atoms with Gasteiger partial charge in [-0.25, -0.2) is 13.1 Å². The van der Waals surface area contributed by atoms with Crippen LogP contribution in [0.2, 0.25) is 0 Å². The van der Waals surface area contributed by atoms with Gasteiger partial charge in [-0.15, -0.1) is 0 Å². The van der Waals surface area contributed by atoms with Crippen molar-refractivity contribution < 1.29 is 27.2 Å². The number of fused-ring (bicyclic) bond motifs is 1. The van der Waals surface area contributed by atoms with Crippen LogP contribution < -0.4 is 19.7 Å². The van der Waals surface area contributed by atoms with Crippen molar-refractivity contribution in [3.05, 3.63) is 72.7 Å². The summed E-state index contributed by atoms with van der Waals surface area (Å²) in [5.74, 6) is 0.588. The third kappa shape index (κ3) is 4.98. The lowest BCUT2D eigenvalue weighted by Gasteiger charge is -2.29. The van der Waals surface area contributed by atoms with E-state index in [2.05, 4.69) is 10.0 Å². The number of anilines is 2. The zero-order valence-electron chi connectivity index (χ0n) is 17.0. The number of sulfonamides is 1. The Labute approximate surface area is 185 Å². The Morgan fingerprint density at radius 3 is 2.56 bits per heavy atom. The number of benzene rings is 2. The minimum Gasteiger partial charge on any atom is -0.482 e. The molecule has 166 valence electrons. The number of para-hydroxylation sites is 2. The summed E-state index contributed by atoms with van der Waals surface area (Å²) in [6.07, 6.45) is 1.54. The van der Waals surface area contributed by atoms with E-state index in [9.17, 15) is 18.0 Å². The Balaban J connectivity index is 1.33. The van der Waals surface area contributed by atoms with Crippen molar-refractivity contribution in [2.24, 2.45) is 0 Å². The van der Waals surface area contributed by atoms with Gasteiger partial charge in [0.2, 0.25) is 15.9 Å². The molecule has 2 N–H and O–H groups in total.